The third-order valence-corrected chi connectivity index (χ3v) is 5.26. The van der Waals surface area contributed by atoms with Gasteiger partial charge in [0.2, 0.25) is 5.91 Å². The van der Waals surface area contributed by atoms with Gasteiger partial charge in [-0.15, -0.1) is 0 Å². The van der Waals surface area contributed by atoms with E-state index in [1.54, 1.807) is 19.3 Å². The molecular formula is C22H24ClNO3. The summed E-state index contributed by atoms with van der Waals surface area (Å²) in [7, 11) is 1.66. The third-order valence-electron chi connectivity index (χ3n) is 5.03. The summed E-state index contributed by atoms with van der Waals surface area (Å²) in [6.45, 7) is 1.96. The second-order valence-corrected chi connectivity index (χ2v) is 7.16. The largest absolute Gasteiger partial charge is 0.497 e. The molecule has 1 aliphatic heterocycles. The molecule has 0 saturated carbocycles. The van der Waals surface area contributed by atoms with Crippen LogP contribution in [-0.2, 0) is 14.9 Å². The first-order valence-corrected chi connectivity index (χ1v) is 9.43. The minimum Gasteiger partial charge on any atom is -0.497 e. The van der Waals surface area contributed by atoms with Crippen LogP contribution in [0.15, 0.2) is 54.6 Å². The van der Waals surface area contributed by atoms with Gasteiger partial charge in [0, 0.05) is 36.3 Å². The molecule has 3 rings (SSSR count). The van der Waals surface area contributed by atoms with E-state index in [0.29, 0.717) is 24.8 Å². The SMILES string of the molecule is COc1ccc(C2(CNC(=O)/C=C/c3cccc(Cl)c3)CCOCC2)cc1. The molecule has 1 fully saturated rings. The summed E-state index contributed by atoms with van der Waals surface area (Å²) in [5, 5.41) is 3.71. The lowest BCUT2D eigenvalue weighted by molar-refractivity contribution is -0.116. The van der Waals surface area contributed by atoms with Crippen LogP contribution in [0.2, 0.25) is 5.02 Å². The van der Waals surface area contributed by atoms with E-state index in [0.717, 1.165) is 24.2 Å². The summed E-state index contributed by atoms with van der Waals surface area (Å²) in [4.78, 5) is 12.3. The Labute approximate surface area is 165 Å². The monoisotopic (exact) mass is 385 g/mol. The number of rotatable bonds is 6. The number of amides is 1. The summed E-state index contributed by atoms with van der Waals surface area (Å²) < 4.78 is 10.8. The third kappa shape index (κ3) is 5.12. The molecule has 0 aliphatic carbocycles. The van der Waals surface area contributed by atoms with E-state index < -0.39 is 0 Å². The zero-order valence-corrected chi connectivity index (χ0v) is 16.2. The van der Waals surface area contributed by atoms with Crippen molar-refractivity contribution in [1.29, 1.82) is 0 Å². The Kier molecular flexibility index (Phi) is 6.54. The van der Waals surface area contributed by atoms with Gasteiger partial charge in [0.25, 0.3) is 0 Å². The highest BCUT2D eigenvalue weighted by Gasteiger charge is 2.34. The minimum atomic E-state index is -0.121. The molecule has 2 aromatic carbocycles. The summed E-state index contributed by atoms with van der Waals surface area (Å²) >= 11 is 5.98. The minimum absolute atomic E-state index is 0.116. The molecule has 27 heavy (non-hydrogen) atoms. The molecular weight excluding hydrogens is 362 g/mol. The zero-order valence-electron chi connectivity index (χ0n) is 15.4. The van der Waals surface area contributed by atoms with Crippen LogP contribution in [0.4, 0.5) is 0 Å². The predicted molar refractivity (Wildman–Crippen MR) is 108 cm³/mol. The summed E-state index contributed by atoms with van der Waals surface area (Å²) in [6.07, 6.45) is 5.06. The number of methoxy groups -OCH3 is 1. The highest BCUT2D eigenvalue weighted by atomic mass is 35.5. The van der Waals surface area contributed by atoms with E-state index in [9.17, 15) is 4.79 Å². The van der Waals surface area contributed by atoms with E-state index in [4.69, 9.17) is 21.1 Å². The normalized spacial score (nSPS) is 16.2. The van der Waals surface area contributed by atoms with Crippen LogP contribution in [-0.4, -0.2) is 32.8 Å². The van der Waals surface area contributed by atoms with Gasteiger partial charge in [0.05, 0.1) is 7.11 Å². The Balaban J connectivity index is 1.68. The summed E-state index contributed by atoms with van der Waals surface area (Å²) in [5.74, 6) is 0.712. The van der Waals surface area contributed by atoms with E-state index in [1.807, 2.05) is 36.4 Å². The molecule has 2 aromatic rings. The van der Waals surface area contributed by atoms with Crippen LogP contribution in [0.3, 0.4) is 0 Å². The quantitative estimate of drug-likeness (QED) is 0.757. The second kappa shape index (κ2) is 9.07. The van der Waals surface area contributed by atoms with Crippen molar-refractivity contribution in [1.82, 2.24) is 5.32 Å². The predicted octanol–water partition coefficient (Wildman–Crippen LogP) is 4.23. The van der Waals surface area contributed by atoms with Crippen molar-refractivity contribution in [3.63, 3.8) is 0 Å². The van der Waals surface area contributed by atoms with E-state index in [2.05, 4.69) is 17.4 Å². The zero-order chi connectivity index (χ0) is 19.1. The number of benzene rings is 2. The van der Waals surface area contributed by atoms with Gasteiger partial charge in [0.15, 0.2) is 0 Å². The molecule has 4 nitrogen and oxygen atoms in total. The van der Waals surface area contributed by atoms with Crippen molar-refractivity contribution in [2.75, 3.05) is 26.9 Å². The van der Waals surface area contributed by atoms with Gasteiger partial charge in [-0.2, -0.15) is 0 Å². The number of nitrogens with one attached hydrogen (secondary N) is 1. The number of hydrogen-bond acceptors (Lipinski definition) is 3. The fourth-order valence-electron chi connectivity index (χ4n) is 3.37. The molecule has 0 bridgehead atoms. The van der Waals surface area contributed by atoms with Crippen molar-refractivity contribution >= 4 is 23.6 Å². The Bertz CT molecular complexity index is 795. The van der Waals surface area contributed by atoms with Gasteiger partial charge in [0.1, 0.15) is 5.75 Å². The lowest BCUT2D eigenvalue weighted by Gasteiger charge is -2.38. The maximum Gasteiger partial charge on any atom is 0.244 e. The van der Waals surface area contributed by atoms with Crippen molar-refractivity contribution < 1.29 is 14.3 Å². The van der Waals surface area contributed by atoms with Crippen LogP contribution < -0.4 is 10.1 Å². The molecule has 1 saturated heterocycles. The Hall–Kier alpha value is -2.30. The maximum atomic E-state index is 12.3. The number of carbonyl (C=O) groups is 1. The number of ether oxygens (including phenoxy) is 2. The van der Waals surface area contributed by atoms with Crippen molar-refractivity contribution in [3.05, 3.63) is 70.8 Å². The lowest BCUT2D eigenvalue weighted by atomic mass is 9.74. The van der Waals surface area contributed by atoms with Crippen molar-refractivity contribution in [3.8, 4) is 5.75 Å². The van der Waals surface area contributed by atoms with E-state index in [1.165, 1.54) is 5.56 Å². The highest BCUT2D eigenvalue weighted by Crippen LogP contribution is 2.35. The highest BCUT2D eigenvalue weighted by molar-refractivity contribution is 6.30. The molecule has 0 unspecified atom stereocenters. The van der Waals surface area contributed by atoms with Crippen molar-refractivity contribution in [2.24, 2.45) is 0 Å². The van der Waals surface area contributed by atoms with Gasteiger partial charge in [-0.05, 0) is 54.3 Å². The lowest BCUT2D eigenvalue weighted by Crippen LogP contribution is -2.44. The molecule has 142 valence electrons. The first-order chi connectivity index (χ1) is 13.1. The smallest absolute Gasteiger partial charge is 0.244 e. The van der Waals surface area contributed by atoms with Gasteiger partial charge in [-0.1, -0.05) is 35.9 Å². The fourth-order valence-corrected chi connectivity index (χ4v) is 3.57. The average Bonchev–Trinajstić information content (AvgIpc) is 2.71. The standard InChI is InChI=1S/C22H24ClNO3/c1-26-20-8-6-18(7-9-20)22(11-13-27-14-12-22)16-24-21(25)10-5-17-3-2-4-19(23)15-17/h2-10,15H,11-14,16H2,1H3,(H,24,25)/b10-5+. The molecule has 5 heteroatoms. The molecule has 1 heterocycles. The average molecular weight is 386 g/mol. The number of carbonyl (C=O) groups excluding carboxylic acids is 1. The van der Waals surface area contributed by atoms with Crippen LogP contribution in [0.5, 0.6) is 5.75 Å². The Morgan fingerprint density at radius 3 is 2.63 bits per heavy atom. The fraction of sp³-hybridized carbons (Fsp3) is 0.318. The van der Waals surface area contributed by atoms with Crippen LogP contribution >= 0.6 is 11.6 Å². The molecule has 1 amide bonds. The summed E-state index contributed by atoms with van der Waals surface area (Å²) in [5.41, 5.74) is 1.98. The Morgan fingerprint density at radius 2 is 1.96 bits per heavy atom. The Morgan fingerprint density at radius 1 is 1.22 bits per heavy atom. The molecule has 1 aliphatic rings. The summed E-state index contributed by atoms with van der Waals surface area (Å²) in [6, 6.07) is 15.5. The van der Waals surface area contributed by atoms with Gasteiger partial charge in [-0.25, -0.2) is 0 Å². The maximum absolute atomic E-state index is 12.3. The molecule has 0 spiro atoms. The molecule has 0 atom stereocenters. The van der Waals surface area contributed by atoms with Crippen molar-refractivity contribution in [2.45, 2.75) is 18.3 Å². The topological polar surface area (TPSA) is 47.6 Å². The first-order valence-electron chi connectivity index (χ1n) is 9.05. The van der Waals surface area contributed by atoms with Gasteiger partial charge >= 0.3 is 0 Å². The molecule has 1 N–H and O–H groups in total. The number of halogens is 1. The van der Waals surface area contributed by atoms with E-state index in [-0.39, 0.29) is 11.3 Å². The first kappa shape index (κ1) is 19.5. The molecule has 0 radical (unpaired) electrons. The van der Waals surface area contributed by atoms with E-state index >= 15 is 0 Å². The molecule has 0 aromatic heterocycles. The van der Waals surface area contributed by atoms with Gasteiger partial charge < -0.3 is 14.8 Å². The van der Waals surface area contributed by atoms with Crippen LogP contribution in [0, 0.1) is 0 Å². The second-order valence-electron chi connectivity index (χ2n) is 6.73. The van der Waals surface area contributed by atoms with Gasteiger partial charge in [-0.3, -0.25) is 4.79 Å². The van der Waals surface area contributed by atoms with Crippen LogP contribution in [0.1, 0.15) is 24.0 Å². The van der Waals surface area contributed by atoms with Crippen LogP contribution in [0.25, 0.3) is 6.08 Å². The number of hydrogen-bond donors (Lipinski definition) is 1.